The largest absolute Gasteiger partial charge is 0.393 e. The number of hydrogen-bond donors (Lipinski definition) is 1. The Kier molecular flexibility index (Phi) is 3.17. The summed E-state index contributed by atoms with van der Waals surface area (Å²) in [5.74, 6) is 7.14. The minimum Gasteiger partial charge on any atom is -0.393 e. The molecule has 1 N–H and O–H groups in total. The highest BCUT2D eigenvalue weighted by Crippen LogP contribution is 2.58. The second kappa shape index (κ2) is 4.76. The molecule has 0 aromatic rings. The molecule has 0 aromatic carbocycles. The summed E-state index contributed by atoms with van der Waals surface area (Å²) in [6.07, 6.45) is 12.6. The Morgan fingerprint density at radius 1 is 0.632 bits per heavy atom. The average molecular weight is 262 g/mol. The first-order valence-corrected chi connectivity index (χ1v) is 8.92. The lowest BCUT2D eigenvalue weighted by molar-refractivity contribution is -0.0489. The first kappa shape index (κ1) is 12.7. The molecule has 0 heterocycles. The van der Waals surface area contributed by atoms with Gasteiger partial charge >= 0.3 is 0 Å². The normalized spacial score (nSPS) is 57.2. The molecule has 0 aromatic heterocycles. The quantitative estimate of drug-likeness (QED) is 0.692. The van der Waals surface area contributed by atoms with Gasteiger partial charge in [0.1, 0.15) is 0 Å². The van der Waals surface area contributed by atoms with E-state index >= 15 is 0 Å². The maximum absolute atomic E-state index is 9.93. The van der Waals surface area contributed by atoms with Crippen LogP contribution in [0, 0.1) is 41.4 Å². The minimum absolute atomic E-state index is 0.0284. The molecule has 4 aliphatic rings. The van der Waals surface area contributed by atoms with E-state index < -0.39 is 0 Å². The number of fused-ring (bicyclic) bond motifs is 5. The van der Waals surface area contributed by atoms with Gasteiger partial charge in [0.05, 0.1) is 6.10 Å². The molecule has 108 valence electrons. The lowest BCUT2D eigenvalue weighted by Gasteiger charge is -2.52. The average Bonchev–Trinajstić information content (AvgIpc) is 2.80. The van der Waals surface area contributed by atoms with Crippen molar-refractivity contribution in [2.24, 2.45) is 41.4 Å². The highest BCUT2D eigenvalue weighted by Gasteiger charge is 2.50. The molecule has 4 aliphatic carbocycles. The highest BCUT2D eigenvalue weighted by molar-refractivity contribution is 5.00. The summed E-state index contributed by atoms with van der Waals surface area (Å²) in [5, 5.41) is 9.93. The van der Waals surface area contributed by atoms with Crippen LogP contribution in [0.5, 0.6) is 0 Å². The van der Waals surface area contributed by atoms with Gasteiger partial charge in [0.15, 0.2) is 0 Å². The van der Waals surface area contributed by atoms with Crippen molar-refractivity contribution in [3.05, 3.63) is 0 Å². The van der Waals surface area contributed by atoms with Crippen LogP contribution in [0.25, 0.3) is 0 Å². The fourth-order valence-corrected chi connectivity index (χ4v) is 6.78. The molecule has 1 heteroatoms. The van der Waals surface area contributed by atoms with Crippen LogP contribution in [0.3, 0.4) is 0 Å². The molecule has 1 nitrogen and oxygen atoms in total. The van der Waals surface area contributed by atoms with Gasteiger partial charge < -0.3 is 5.11 Å². The molecule has 0 bridgehead atoms. The fourth-order valence-electron chi connectivity index (χ4n) is 6.78. The maximum atomic E-state index is 9.93. The van der Waals surface area contributed by atoms with E-state index in [2.05, 4.69) is 6.92 Å². The van der Waals surface area contributed by atoms with Crippen LogP contribution in [0.2, 0.25) is 0 Å². The summed E-state index contributed by atoms with van der Waals surface area (Å²) in [6.45, 7) is 2.51. The minimum atomic E-state index is 0.0284. The van der Waals surface area contributed by atoms with Crippen molar-refractivity contribution < 1.29 is 5.11 Å². The lowest BCUT2D eigenvalue weighted by atomic mass is 9.53. The van der Waals surface area contributed by atoms with Crippen molar-refractivity contribution in [3.63, 3.8) is 0 Å². The zero-order chi connectivity index (χ0) is 13.0. The molecule has 4 saturated carbocycles. The zero-order valence-corrected chi connectivity index (χ0v) is 12.4. The van der Waals surface area contributed by atoms with Crippen LogP contribution in [0.4, 0.5) is 0 Å². The lowest BCUT2D eigenvalue weighted by Crippen LogP contribution is -2.45. The van der Waals surface area contributed by atoms with Crippen LogP contribution < -0.4 is 0 Å². The summed E-state index contributed by atoms with van der Waals surface area (Å²) >= 11 is 0. The van der Waals surface area contributed by atoms with Gasteiger partial charge in [-0.05, 0) is 92.8 Å². The summed E-state index contributed by atoms with van der Waals surface area (Å²) in [5.41, 5.74) is 0. The summed E-state index contributed by atoms with van der Waals surface area (Å²) in [6, 6.07) is 0. The van der Waals surface area contributed by atoms with Crippen molar-refractivity contribution in [2.45, 2.75) is 70.8 Å². The van der Waals surface area contributed by atoms with Crippen LogP contribution in [-0.2, 0) is 0 Å². The van der Waals surface area contributed by atoms with E-state index in [1.807, 2.05) is 0 Å². The Balaban J connectivity index is 1.53. The smallest absolute Gasteiger partial charge is 0.0543 e. The standard InChI is InChI=1S/C18H30O/c1-11-2-5-16-14(11)8-9-17-15-7-4-13(19)10-12(15)3-6-18(16)17/h11-19H,2-10H2,1H3/t11?,12?,13-,14?,15?,16-,17-,18?/m1/s1. The summed E-state index contributed by atoms with van der Waals surface area (Å²) in [4.78, 5) is 0. The Morgan fingerprint density at radius 3 is 2.11 bits per heavy atom. The number of aliphatic hydroxyl groups is 1. The predicted octanol–water partition coefficient (Wildman–Crippen LogP) is 4.25. The Hall–Kier alpha value is -0.0400. The Morgan fingerprint density at radius 2 is 1.21 bits per heavy atom. The SMILES string of the molecule is CC1CC[C@@H]2C1CC[C@@H]1C3CC[C@@H](O)CC3CCC21. The third-order valence-corrected chi connectivity index (χ3v) is 7.60. The van der Waals surface area contributed by atoms with Gasteiger partial charge in [-0.15, -0.1) is 0 Å². The van der Waals surface area contributed by atoms with E-state index in [1.54, 1.807) is 0 Å². The van der Waals surface area contributed by atoms with E-state index in [1.165, 1.54) is 44.9 Å². The van der Waals surface area contributed by atoms with Crippen molar-refractivity contribution in [3.8, 4) is 0 Å². The molecule has 4 rings (SSSR count). The molecule has 0 spiro atoms. The third-order valence-electron chi connectivity index (χ3n) is 7.60. The molecular formula is C18H30O. The number of rotatable bonds is 0. The molecular weight excluding hydrogens is 232 g/mol. The molecule has 4 fully saturated rings. The molecule has 0 amide bonds. The van der Waals surface area contributed by atoms with E-state index in [9.17, 15) is 5.11 Å². The van der Waals surface area contributed by atoms with Gasteiger partial charge in [-0.25, -0.2) is 0 Å². The second-order valence-electron chi connectivity index (χ2n) is 8.26. The zero-order valence-electron chi connectivity index (χ0n) is 12.4. The van der Waals surface area contributed by atoms with E-state index in [-0.39, 0.29) is 6.10 Å². The van der Waals surface area contributed by atoms with Gasteiger partial charge in [0, 0.05) is 0 Å². The predicted molar refractivity (Wildman–Crippen MR) is 77.7 cm³/mol. The molecule has 8 atom stereocenters. The first-order valence-electron chi connectivity index (χ1n) is 8.92. The molecule has 0 aliphatic heterocycles. The Labute approximate surface area is 118 Å². The van der Waals surface area contributed by atoms with Gasteiger partial charge in [-0.3, -0.25) is 0 Å². The van der Waals surface area contributed by atoms with E-state index in [0.717, 1.165) is 54.3 Å². The van der Waals surface area contributed by atoms with Crippen LogP contribution >= 0.6 is 0 Å². The van der Waals surface area contributed by atoms with Gasteiger partial charge in [-0.2, -0.15) is 0 Å². The number of aliphatic hydroxyl groups excluding tert-OH is 1. The molecule has 0 saturated heterocycles. The molecule has 19 heavy (non-hydrogen) atoms. The second-order valence-corrected chi connectivity index (χ2v) is 8.26. The molecule has 5 unspecified atom stereocenters. The van der Waals surface area contributed by atoms with Crippen LogP contribution in [-0.4, -0.2) is 11.2 Å². The van der Waals surface area contributed by atoms with Crippen molar-refractivity contribution >= 4 is 0 Å². The topological polar surface area (TPSA) is 20.2 Å². The Bertz CT molecular complexity index is 339. The third kappa shape index (κ3) is 1.99. The van der Waals surface area contributed by atoms with E-state index in [0.29, 0.717) is 0 Å². The fraction of sp³-hybridized carbons (Fsp3) is 1.00. The summed E-state index contributed by atoms with van der Waals surface area (Å²) < 4.78 is 0. The van der Waals surface area contributed by atoms with E-state index in [4.69, 9.17) is 0 Å². The van der Waals surface area contributed by atoms with Gasteiger partial charge in [0.25, 0.3) is 0 Å². The van der Waals surface area contributed by atoms with Crippen LogP contribution in [0.15, 0.2) is 0 Å². The van der Waals surface area contributed by atoms with Gasteiger partial charge in [0.2, 0.25) is 0 Å². The molecule has 0 radical (unpaired) electrons. The van der Waals surface area contributed by atoms with Crippen molar-refractivity contribution in [1.29, 1.82) is 0 Å². The summed E-state index contributed by atoms with van der Waals surface area (Å²) in [7, 11) is 0. The maximum Gasteiger partial charge on any atom is 0.0543 e. The first-order chi connectivity index (χ1) is 9.24. The van der Waals surface area contributed by atoms with Crippen LogP contribution in [0.1, 0.15) is 64.7 Å². The monoisotopic (exact) mass is 262 g/mol. The van der Waals surface area contributed by atoms with Gasteiger partial charge in [-0.1, -0.05) is 13.3 Å². The van der Waals surface area contributed by atoms with Crippen molar-refractivity contribution in [1.82, 2.24) is 0 Å². The van der Waals surface area contributed by atoms with Crippen molar-refractivity contribution in [2.75, 3.05) is 0 Å². The number of hydrogen-bond acceptors (Lipinski definition) is 1. The highest BCUT2D eigenvalue weighted by atomic mass is 16.3.